The van der Waals surface area contributed by atoms with E-state index in [4.69, 9.17) is 11.6 Å². The minimum Gasteiger partial charge on any atom is -0.389 e. The van der Waals surface area contributed by atoms with E-state index in [0.717, 1.165) is 24.1 Å². The zero-order valence-electron chi connectivity index (χ0n) is 12.5. The minimum atomic E-state index is -0.619. The second-order valence-corrected chi connectivity index (χ2v) is 5.74. The van der Waals surface area contributed by atoms with E-state index in [1.165, 1.54) is 0 Å². The summed E-state index contributed by atoms with van der Waals surface area (Å²) < 4.78 is 1.82. The minimum absolute atomic E-state index is 0.589. The van der Waals surface area contributed by atoms with Crippen molar-refractivity contribution in [2.45, 2.75) is 38.8 Å². The number of nitrogens with one attached hydrogen (secondary N) is 1. The lowest BCUT2D eigenvalue weighted by Crippen LogP contribution is -2.39. The van der Waals surface area contributed by atoms with Crippen LogP contribution in [-0.4, -0.2) is 27.0 Å². The van der Waals surface area contributed by atoms with E-state index in [1.54, 1.807) is 0 Å². The van der Waals surface area contributed by atoms with Crippen molar-refractivity contribution in [2.24, 2.45) is 0 Å². The number of hydrogen-bond acceptors (Lipinski definition) is 3. The molecule has 0 atom stereocenters. The number of halogens is 1. The van der Waals surface area contributed by atoms with Crippen LogP contribution < -0.4 is 5.32 Å². The van der Waals surface area contributed by atoms with Crippen molar-refractivity contribution < 1.29 is 5.11 Å². The first-order chi connectivity index (χ1) is 10.1. The van der Waals surface area contributed by atoms with E-state index >= 15 is 0 Å². The molecule has 21 heavy (non-hydrogen) atoms. The molecule has 1 aromatic heterocycles. The van der Waals surface area contributed by atoms with Crippen molar-refractivity contribution in [3.63, 3.8) is 0 Å². The maximum atomic E-state index is 10.2. The van der Waals surface area contributed by atoms with Crippen LogP contribution >= 0.6 is 11.6 Å². The van der Waals surface area contributed by atoms with Gasteiger partial charge >= 0.3 is 0 Å². The topological polar surface area (TPSA) is 50.1 Å². The normalized spacial score (nSPS) is 11.8. The maximum absolute atomic E-state index is 10.2. The smallest absolute Gasteiger partial charge is 0.0766 e. The molecule has 0 amide bonds. The van der Waals surface area contributed by atoms with Gasteiger partial charge in [-0.3, -0.25) is 0 Å². The summed E-state index contributed by atoms with van der Waals surface area (Å²) in [5.74, 6) is 0. The molecule has 4 nitrogen and oxygen atoms in total. The van der Waals surface area contributed by atoms with Crippen LogP contribution in [0.4, 0.5) is 0 Å². The summed E-state index contributed by atoms with van der Waals surface area (Å²) in [6, 6.07) is 7.55. The largest absolute Gasteiger partial charge is 0.389 e. The van der Waals surface area contributed by atoms with E-state index < -0.39 is 5.60 Å². The summed E-state index contributed by atoms with van der Waals surface area (Å²) in [7, 11) is 0. The van der Waals surface area contributed by atoms with Crippen LogP contribution in [-0.2, 0) is 6.54 Å². The monoisotopic (exact) mass is 307 g/mol. The van der Waals surface area contributed by atoms with Gasteiger partial charge in [-0.05, 0) is 37.1 Å². The molecule has 0 aliphatic rings. The lowest BCUT2D eigenvalue weighted by Gasteiger charge is -2.25. The lowest BCUT2D eigenvalue weighted by atomic mass is 9.97. The zero-order valence-corrected chi connectivity index (χ0v) is 13.3. The Labute approximate surface area is 130 Å². The number of hydrogen-bond donors (Lipinski definition) is 2. The molecule has 0 saturated carbocycles. The first kappa shape index (κ1) is 16.0. The number of benzene rings is 1. The standard InChI is InChI=1S/C16H22ClN3O/c1-3-16(21,4-2)12-18-9-13-10-19-20(11-13)15-7-5-14(17)6-8-15/h5-8,10-11,18,21H,3-4,9,12H2,1-2H3. The molecule has 0 aliphatic carbocycles. The average Bonchev–Trinajstić information content (AvgIpc) is 2.96. The number of rotatable bonds is 7. The van der Waals surface area contributed by atoms with Crippen LogP contribution in [0.15, 0.2) is 36.7 Å². The second kappa shape index (κ2) is 7.07. The molecule has 0 bridgehead atoms. The van der Waals surface area contributed by atoms with Gasteiger partial charge in [-0.15, -0.1) is 0 Å². The van der Waals surface area contributed by atoms with Crippen LogP contribution in [0.2, 0.25) is 5.02 Å². The molecule has 0 aliphatic heterocycles. The fraction of sp³-hybridized carbons (Fsp3) is 0.438. The van der Waals surface area contributed by atoms with Gasteiger partial charge in [0, 0.05) is 29.9 Å². The average molecular weight is 308 g/mol. The zero-order chi connectivity index (χ0) is 15.3. The van der Waals surface area contributed by atoms with E-state index in [9.17, 15) is 5.11 Å². The molecule has 0 saturated heterocycles. The highest BCUT2D eigenvalue weighted by Crippen LogP contribution is 2.15. The summed E-state index contributed by atoms with van der Waals surface area (Å²) in [5.41, 5.74) is 1.44. The van der Waals surface area contributed by atoms with Gasteiger partial charge in [0.2, 0.25) is 0 Å². The molecule has 2 N–H and O–H groups in total. The second-order valence-electron chi connectivity index (χ2n) is 5.30. The number of aromatic nitrogens is 2. The summed E-state index contributed by atoms with van der Waals surface area (Å²) in [6.45, 7) is 5.29. The Kier molecular flexibility index (Phi) is 5.39. The van der Waals surface area contributed by atoms with Gasteiger partial charge < -0.3 is 10.4 Å². The quantitative estimate of drug-likeness (QED) is 0.826. The molecule has 114 valence electrons. The SMILES string of the molecule is CCC(O)(CC)CNCc1cnn(-c2ccc(Cl)cc2)c1. The molecule has 0 unspecified atom stereocenters. The van der Waals surface area contributed by atoms with Crippen LogP contribution in [0.1, 0.15) is 32.3 Å². The van der Waals surface area contributed by atoms with Crippen LogP contribution in [0, 0.1) is 0 Å². The molecule has 0 radical (unpaired) electrons. The molecular formula is C16H22ClN3O. The first-order valence-electron chi connectivity index (χ1n) is 7.29. The van der Waals surface area contributed by atoms with Gasteiger partial charge in [0.15, 0.2) is 0 Å². The molecule has 1 heterocycles. The van der Waals surface area contributed by atoms with E-state index in [1.807, 2.05) is 55.2 Å². The Bertz CT molecular complexity index is 561. The van der Waals surface area contributed by atoms with Crippen molar-refractivity contribution in [3.8, 4) is 5.69 Å². The highest BCUT2D eigenvalue weighted by Gasteiger charge is 2.21. The van der Waals surface area contributed by atoms with Crippen molar-refractivity contribution in [3.05, 3.63) is 47.2 Å². The molecule has 2 aromatic rings. The van der Waals surface area contributed by atoms with Gasteiger partial charge in [-0.1, -0.05) is 25.4 Å². The van der Waals surface area contributed by atoms with Crippen LogP contribution in [0.5, 0.6) is 0 Å². The van der Waals surface area contributed by atoms with Crippen molar-refractivity contribution in [1.29, 1.82) is 0 Å². The third-order valence-electron chi connectivity index (χ3n) is 3.83. The van der Waals surface area contributed by atoms with Gasteiger partial charge in [0.1, 0.15) is 0 Å². The molecule has 2 rings (SSSR count). The Balaban J connectivity index is 1.93. The molecule has 1 aromatic carbocycles. The molecule has 0 fully saturated rings. The number of aliphatic hydroxyl groups is 1. The Morgan fingerprint density at radius 3 is 2.52 bits per heavy atom. The fourth-order valence-electron chi connectivity index (χ4n) is 2.13. The summed E-state index contributed by atoms with van der Waals surface area (Å²) in [4.78, 5) is 0. The van der Waals surface area contributed by atoms with Crippen LogP contribution in [0.25, 0.3) is 5.69 Å². The van der Waals surface area contributed by atoms with Gasteiger partial charge in [0.05, 0.1) is 17.5 Å². The van der Waals surface area contributed by atoms with Crippen molar-refractivity contribution in [2.75, 3.05) is 6.54 Å². The summed E-state index contributed by atoms with van der Waals surface area (Å²) >= 11 is 5.88. The molecule has 0 spiro atoms. The van der Waals surface area contributed by atoms with E-state index in [2.05, 4.69) is 10.4 Å². The van der Waals surface area contributed by atoms with Gasteiger partial charge in [0.25, 0.3) is 0 Å². The molecule has 5 heteroatoms. The van der Waals surface area contributed by atoms with Gasteiger partial charge in [-0.2, -0.15) is 5.10 Å². The predicted molar refractivity (Wildman–Crippen MR) is 85.8 cm³/mol. The Morgan fingerprint density at radius 2 is 1.90 bits per heavy atom. The molecular weight excluding hydrogens is 286 g/mol. The summed E-state index contributed by atoms with van der Waals surface area (Å²) in [6.07, 6.45) is 5.31. The van der Waals surface area contributed by atoms with Crippen molar-refractivity contribution >= 4 is 11.6 Å². The Morgan fingerprint density at radius 1 is 1.24 bits per heavy atom. The summed E-state index contributed by atoms with van der Waals surface area (Å²) in [5, 5.41) is 18.6. The highest BCUT2D eigenvalue weighted by atomic mass is 35.5. The number of nitrogens with zero attached hydrogens (tertiary/aromatic N) is 2. The van der Waals surface area contributed by atoms with Gasteiger partial charge in [-0.25, -0.2) is 4.68 Å². The first-order valence-corrected chi connectivity index (χ1v) is 7.66. The predicted octanol–water partition coefficient (Wildman–Crippen LogP) is 3.17. The third kappa shape index (κ3) is 4.30. The lowest BCUT2D eigenvalue weighted by molar-refractivity contribution is 0.0323. The van der Waals surface area contributed by atoms with E-state index in [0.29, 0.717) is 18.1 Å². The third-order valence-corrected chi connectivity index (χ3v) is 4.08. The Hall–Kier alpha value is -1.36. The van der Waals surface area contributed by atoms with Crippen LogP contribution in [0.3, 0.4) is 0 Å². The van der Waals surface area contributed by atoms with Crippen molar-refractivity contribution in [1.82, 2.24) is 15.1 Å². The fourth-order valence-corrected chi connectivity index (χ4v) is 2.25. The van der Waals surface area contributed by atoms with E-state index in [-0.39, 0.29) is 0 Å². The highest BCUT2D eigenvalue weighted by molar-refractivity contribution is 6.30. The maximum Gasteiger partial charge on any atom is 0.0766 e.